The van der Waals surface area contributed by atoms with Gasteiger partial charge in [0.1, 0.15) is 11.5 Å². The molecule has 0 bridgehead atoms. The Morgan fingerprint density at radius 2 is 1.00 bits per heavy atom. The molecule has 2 heteroatoms. The molecule has 0 saturated heterocycles. The predicted octanol–water partition coefficient (Wildman–Crippen LogP) is 9.45. The summed E-state index contributed by atoms with van der Waals surface area (Å²) in [4.78, 5) is 0. The molecule has 4 aromatic rings. The minimum atomic E-state index is -0.564. The number of aliphatic hydroxyl groups excluding tert-OH is 2. The van der Waals surface area contributed by atoms with E-state index in [1.165, 1.54) is 33.4 Å². The number of hydrogen-bond donors (Lipinski definition) is 2. The lowest BCUT2D eigenvalue weighted by atomic mass is 9.66. The summed E-state index contributed by atoms with van der Waals surface area (Å²) in [6, 6.07) is 26.8. The van der Waals surface area contributed by atoms with Crippen LogP contribution in [0.2, 0.25) is 0 Å². The van der Waals surface area contributed by atoms with Gasteiger partial charge in [0.2, 0.25) is 0 Å². The van der Waals surface area contributed by atoms with Gasteiger partial charge >= 0.3 is 0 Å². The molecule has 0 unspecified atom stereocenters. The van der Waals surface area contributed by atoms with E-state index in [2.05, 4.69) is 114 Å². The number of allylic oxidation sites excluding steroid dienone is 2. The van der Waals surface area contributed by atoms with Gasteiger partial charge in [-0.1, -0.05) is 97.1 Å². The van der Waals surface area contributed by atoms with Gasteiger partial charge in [0.25, 0.3) is 0 Å². The second kappa shape index (κ2) is 9.96. The van der Waals surface area contributed by atoms with E-state index in [1.807, 2.05) is 12.2 Å². The first kappa shape index (κ1) is 26.1. The van der Waals surface area contributed by atoms with Gasteiger partial charge < -0.3 is 10.2 Å². The number of rotatable bonds is 6. The van der Waals surface area contributed by atoms with Gasteiger partial charge in [0, 0.05) is 0 Å². The fourth-order valence-electron chi connectivity index (χ4n) is 5.83. The third-order valence-electron chi connectivity index (χ3n) is 7.78. The number of fused-ring (bicyclic) bond motifs is 3. The van der Waals surface area contributed by atoms with Gasteiger partial charge in [-0.25, -0.2) is 0 Å². The molecule has 0 heterocycles. The quantitative estimate of drug-likeness (QED) is 0.176. The molecule has 0 atom stereocenters. The van der Waals surface area contributed by atoms with Crippen LogP contribution < -0.4 is 0 Å². The Hall–Kier alpha value is -4.56. The van der Waals surface area contributed by atoms with E-state index in [0.29, 0.717) is 0 Å². The van der Waals surface area contributed by atoms with Crippen molar-refractivity contribution in [2.45, 2.75) is 33.1 Å². The fraction of sp³-hybridized carbons (Fsp3) is 0.135. The summed E-state index contributed by atoms with van der Waals surface area (Å²) < 4.78 is 0. The van der Waals surface area contributed by atoms with E-state index in [1.54, 1.807) is 12.2 Å². The van der Waals surface area contributed by atoms with Crippen molar-refractivity contribution >= 4 is 12.2 Å². The Morgan fingerprint density at radius 1 is 0.590 bits per heavy atom. The molecule has 4 aromatic carbocycles. The van der Waals surface area contributed by atoms with Crippen molar-refractivity contribution in [1.82, 2.24) is 0 Å². The SMILES string of the molecule is C=C(O)/C=C\c1cc(C2(c3ccc(C)c(/C=C\C(=C)O)c3)c3ccc(C)cc3-c3cc(C)ccc32)ccc1C. The molecule has 0 saturated carbocycles. The van der Waals surface area contributed by atoms with Crippen LogP contribution in [0, 0.1) is 27.7 Å². The highest BCUT2D eigenvalue weighted by atomic mass is 16.3. The molecule has 0 spiro atoms. The first-order valence-corrected chi connectivity index (χ1v) is 13.2. The maximum Gasteiger partial charge on any atom is 0.108 e. The molecule has 2 nitrogen and oxygen atoms in total. The van der Waals surface area contributed by atoms with Gasteiger partial charge in [-0.2, -0.15) is 0 Å². The summed E-state index contributed by atoms with van der Waals surface area (Å²) in [7, 11) is 0. The van der Waals surface area contributed by atoms with Crippen LogP contribution in [-0.2, 0) is 5.41 Å². The third kappa shape index (κ3) is 4.53. The van der Waals surface area contributed by atoms with Gasteiger partial charge in [-0.3, -0.25) is 0 Å². The van der Waals surface area contributed by atoms with Crippen molar-refractivity contribution in [3.05, 3.63) is 165 Å². The maximum atomic E-state index is 9.76. The van der Waals surface area contributed by atoms with Crippen molar-refractivity contribution in [2.75, 3.05) is 0 Å². The van der Waals surface area contributed by atoms with Crippen LogP contribution in [0.25, 0.3) is 23.3 Å². The van der Waals surface area contributed by atoms with Crippen molar-refractivity contribution < 1.29 is 10.2 Å². The second-order valence-corrected chi connectivity index (χ2v) is 10.6. The lowest BCUT2D eigenvalue weighted by molar-refractivity contribution is 0.435. The first-order chi connectivity index (χ1) is 18.6. The topological polar surface area (TPSA) is 40.5 Å². The standard InChI is InChI=1S/C37H34O2/c1-23-7-17-35-33(19-23)34-20-24(2)8-18-36(34)37(35,31-15-9-25(3)29(21-31)13-11-27(5)38)32-16-10-26(4)30(22-32)14-12-28(6)39/h7-22,38-39H,5-6H2,1-4H3/b13-11-,14-12-. The van der Waals surface area contributed by atoms with Crippen molar-refractivity contribution in [3.63, 3.8) is 0 Å². The fourth-order valence-corrected chi connectivity index (χ4v) is 5.83. The highest BCUT2D eigenvalue weighted by Gasteiger charge is 2.46. The monoisotopic (exact) mass is 510 g/mol. The van der Waals surface area contributed by atoms with E-state index in [-0.39, 0.29) is 11.5 Å². The Morgan fingerprint density at radius 3 is 1.38 bits per heavy atom. The average Bonchev–Trinajstić information content (AvgIpc) is 3.17. The van der Waals surface area contributed by atoms with Crippen LogP contribution in [0.1, 0.15) is 55.6 Å². The molecule has 5 rings (SSSR count). The molecule has 2 N–H and O–H groups in total. The zero-order chi connectivity index (χ0) is 27.9. The minimum absolute atomic E-state index is 0.0254. The van der Waals surface area contributed by atoms with E-state index in [4.69, 9.17) is 0 Å². The lowest BCUT2D eigenvalue weighted by Gasteiger charge is -2.35. The van der Waals surface area contributed by atoms with Crippen LogP contribution >= 0.6 is 0 Å². The van der Waals surface area contributed by atoms with E-state index >= 15 is 0 Å². The van der Waals surface area contributed by atoms with E-state index < -0.39 is 5.41 Å². The van der Waals surface area contributed by atoms with Gasteiger partial charge in [-0.05, 0) is 108 Å². The molecule has 39 heavy (non-hydrogen) atoms. The van der Waals surface area contributed by atoms with Gasteiger partial charge in [0.15, 0.2) is 0 Å². The normalized spacial score (nSPS) is 13.5. The molecule has 0 radical (unpaired) electrons. The molecule has 0 aromatic heterocycles. The van der Waals surface area contributed by atoms with Gasteiger partial charge in [-0.15, -0.1) is 0 Å². The van der Waals surface area contributed by atoms with Crippen molar-refractivity contribution in [1.29, 1.82) is 0 Å². The number of hydrogen-bond acceptors (Lipinski definition) is 2. The lowest BCUT2D eigenvalue weighted by Crippen LogP contribution is -2.29. The van der Waals surface area contributed by atoms with Crippen molar-refractivity contribution in [2.24, 2.45) is 0 Å². The predicted molar refractivity (Wildman–Crippen MR) is 164 cm³/mol. The molecular formula is C37H34O2. The van der Waals surface area contributed by atoms with Crippen LogP contribution in [0.15, 0.2) is 110 Å². The first-order valence-electron chi connectivity index (χ1n) is 13.2. The van der Waals surface area contributed by atoms with Crippen LogP contribution in [0.4, 0.5) is 0 Å². The van der Waals surface area contributed by atoms with E-state index in [9.17, 15) is 10.2 Å². The zero-order valence-corrected chi connectivity index (χ0v) is 23.0. The van der Waals surface area contributed by atoms with Gasteiger partial charge in [0.05, 0.1) is 5.41 Å². The highest BCUT2D eigenvalue weighted by Crippen LogP contribution is 2.56. The summed E-state index contributed by atoms with van der Waals surface area (Å²) >= 11 is 0. The molecule has 0 aliphatic heterocycles. The summed E-state index contributed by atoms with van der Waals surface area (Å²) in [5.41, 5.74) is 13.4. The smallest absolute Gasteiger partial charge is 0.108 e. The Balaban J connectivity index is 1.91. The van der Waals surface area contributed by atoms with Crippen LogP contribution in [0.5, 0.6) is 0 Å². The summed E-state index contributed by atoms with van der Waals surface area (Å²) in [6.07, 6.45) is 7.12. The third-order valence-corrected chi connectivity index (χ3v) is 7.78. The maximum absolute atomic E-state index is 9.76. The molecule has 1 aliphatic carbocycles. The summed E-state index contributed by atoms with van der Waals surface area (Å²) in [5.74, 6) is 0.0509. The molecular weight excluding hydrogens is 476 g/mol. The number of aliphatic hydroxyl groups is 2. The van der Waals surface area contributed by atoms with Crippen LogP contribution in [0.3, 0.4) is 0 Å². The molecule has 1 aliphatic rings. The van der Waals surface area contributed by atoms with E-state index in [0.717, 1.165) is 33.4 Å². The molecule has 0 fully saturated rings. The average molecular weight is 511 g/mol. The number of benzene rings is 4. The Kier molecular flexibility index (Phi) is 6.66. The summed E-state index contributed by atoms with van der Waals surface area (Å²) in [5, 5.41) is 19.5. The Labute approximate surface area is 231 Å². The zero-order valence-electron chi connectivity index (χ0n) is 23.0. The van der Waals surface area contributed by atoms with Crippen molar-refractivity contribution in [3.8, 4) is 11.1 Å². The second-order valence-electron chi connectivity index (χ2n) is 10.6. The largest absolute Gasteiger partial charge is 0.509 e. The number of aryl methyl sites for hydroxylation is 4. The highest BCUT2D eigenvalue weighted by molar-refractivity contribution is 5.87. The molecule has 0 amide bonds. The Bertz CT molecular complexity index is 1570. The summed E-state index contributed by atoms with van der Waals surface area (Å²) in [6.45, 7) is 15.7. The minimum Gasteiger partial charge on any atom is -0.509 e. The van der Waals surface area contributed by atoms with Crippen LogP contribution in [-0.4, -0.2) is 10.2 Å². The molecule has 194 valence electrons.